The molecule has 4 nitrogen and oxygen atoms in total. The molecule has 2 aromatic rings. The van der Waals surface area contributed by atoms with E-state index in [4.69, 9.17) is 4.98 Å². The van der Waals surface area contributed by atoms with Crippen molar-refractivity contribution in [2.24, 2.45) is 5.92 Å². The molecular formula is C15H22N4S. The highest BCUT2D eigenvalue weighted by Gasteiger charge is 2.24. The molecule has 0 aliphatic heterocycles. The molecule has 0 unspecified atom stereocenters. The van der Waals surface area contributed by atoms with Gasteiger partial charge in [0.05, 0.1) is 5.39 Å². The fourth-order valence-electron chi connectivity index (χ4n) is 2.43. The summed E-state index contributed by atoms with van der Waals surface area (Å²) in [4.78, 5) is 14.2. The summed E-state index contributed by atoms with van der Waals surface area (Å²) in [6, 6.07) is 2.26. The Hall–Kier alpha value is -1.36. The Morgan fingerprint density at radius 1 is 1.35 bits per heavy atom. The van der Waals surface area contributed by atoms with E-state index in [2.05, 4.69) is 42.2 Å². The van der Waals surface area contributed by atoms with E-state index in [9.17, 15) is 0 Å². The van der Waals surface area contributed by atoms with E-state index >= 15 is 0 Å². The van der Waals surface area contributed by atoms with Crippen molar-refractivity contribution in [3.05, 3.63) is 10.9 Å². The molecule has 0 saturated heterocycles. The van der Waals surface area contributed by atoms with Gasteiger partial charge in [-0.25, -0.2) is 4.98 Å². The Morgan fingerprint density at radius 2 is 2.15 bits per heavy atom. The first-order valence-corrected chi connectivity index (χ1v) is 8.28. The van der Waals surface area contributed by atoms with E-state index < -0.39 is 0 Å². The Kier molecular flexibility index (Phi) is 3.78. The summed E-state index contributed by atoms with van der Waals surface area (Å²) < 4.78 is 0. The first-order chi connectivity index (χ1) is 9.71. The fraction of sp³-hybridized carbons (Fsp3) is 0.600. The summed E-state index contributed by atoms with van der Waals surface area (Å²) in [6.45, 7) is 6.22. The van der Waals surface area contributed by atoms with E-state index in [1.807, 2.05) is 0 Å². The monoisotopic (exact) mass is 290 g/mol. The molecule has 0 atom stereocenters. The molecule has 0 amide bonds. The maximum Gasteiger partial charge on any atom is 0.226 e. The number of thiophene rings is 1. The minimum atomic E-state index is 0.752. The third kappa shape index (κ3) is 2.73. The summed E-state index contributed by atoms with van der Waals surface area (Å²) in [5.41, 5.74) is 0. The van der Waals surface area contributed by atoms with E-state index in [1.54, 1.807) is 11.3 Å². The lowest BCUT2D eigenvalue weighted by atomic mass is 10.3. The van der Waals surface area contributed by atoms with Crippen molar-refractivity contribution in [1.82, 2.24) is 9.97 Å². The number of aryl methyl sites for hydroxylation is 1. The summed E-state index contributed by atoms with van der Waals surface area (Å²) >= 11 is 1.79. The topological polar surface area (TPSA) is 41.1 Å². The first kappa shape index (κ1) is 13.6. The normalized spacial score (nSPS) is 14.8. The smallest absolute Gasteiger partial charge is 0.226 e. The van der Waals surface area contributed by atoms with Crippen LogP contribution in [0, 0.1) is 5.92 Å². The van der Waals surface area contributed by atoms with Gasteiger partial charge in [-0.1, -0.05) is 6.92 Å². The molecule has 1 fully saturated rings. The molecule has 1 aliphatic rings. The van der Waals surface area contributed by atoms with Crippen LogP contribution in [0.4, 0.5) is 11.8 Å². The van der Waals surface area contributed by atoms with Gasteiger partial charge in [-0.2, -0.15) is 4.98 Å². The van der Waals surface area contributed by atoms with Crippen molar-refractivity contribution in [1.29, 1.82) is 0 Å². The van der Waals surface area contributed by atoms with Gasteiger partial charge in [-0.3, -0.25) is 0 Å². The SMILES string of the molecule is CCNc1nc(N(C)CC2CC2)c2cc(CC)sc2n1. The third-order valence-corrected chi connectivity index (χ3v) is 4.87. The number of nitrogens with one attached hydrogen (secondary N) is 1. The lowest BCUT2D eigenvalue weighted by molar-refractivity contribution is 0.779. The Bertz CT molecular complexity index is 603. The van der Waals surface area contributed by atoms with Crippen LogP contribution in [0.2, 0.25) is 0 Å². The van der Waals surface area contributed by atoms with E-state index in [0.717, 1.165) is 42.0 Å². The Balaban J connectivity index is 2.02. The predicted molar refractivity (Wildman–Crippen MR) is 87.0 cm³/mol. The quantitative estimate of drug-likeness (QED) is 0.883. The maximum atomic E-state index is 4.73. The molecule has 3 rings (SSSR count). The fourth-order valence-corrected chi connectivity index (χ4v) is 3.39. The molecule has 20 heavy (non-hydrogen) atoms. The molecule has 2 heterocycles. The number of hydrogen-bond donors (Lipinski definition) is 1. The lowest BCUT2D eigenvalue weighted by Crippen LogP contribution is -2.22. The van der Waals surface area contributed by atoms with Crippen LogP contribution < -0.4 is 10.2 Å². The molecule has 108 valence electrons. The average Bonchev–Trinajstić information content (AvgIpc) is 3.14. The lowest BCUT2D eigenvalue weighted by Gasteiger charge is -2.19. The van der Waals surface area contributed by atoms with Crippen LogP contribution in [0.5, 0.6) is 0 Å². The van der Waals surface area contributed by atoms with Gasteiger partial charge in [-0.15, -0.1) is 11.3 Å². The average molecular weight is 290 g/mol. The Labute approximate surface area is 124 Å². The number of nitrogens with zero attached hydrogens (tertiary/aromatic N) is 3. The highest BCUT2D eigenvalue weighted by Crippen LogP contribution is 2.35. The van der Waals surface area contributed by atoms with Crippen molar-refractivity contribution >= 4 is 33.3 Å². The second kappa shape index (κ2) is 5.56. The molecule has 1 N–H and O–H groups in total. The second-order valence-electron chi connectivity index (χ2n) is 5.51. The third-order valence-electron chi connectivity index (χ3n) is 3.70. The standard InChI is InChI=1S/C15H22N4S/c1-4-11-8-12-13(19(3)9-10-6-7-10)17-15(16-5-2)18-14(12)20-11/h8,10H,4-7,9H2,1-3H3,(H,16,17,18). The number of anilines is 2. The van der Waals surface area contributed by atoms with Gasteiger partial charge in [0.2, 0.25) is 5.95 Å². The molecule has 5 heteroatoms. The van der Waals surface area contributed by atoms with E-state index in [1.165, 1.54) is 23.1 Å². The van der Waals surface area contributed by atoms with Gasteiger partial charge >= 0.3 is 0 Å². The van der Waals surface area contributed by atoms with Gasteiger partial charge in [0, 0.05) is 25.0 Å². The number of rotatable bonds is 6. The minimum Gasteiger partial charge on any atom is -0.359 e. The zero-order chi connectivity index (χ0) is 14.1. The molecule has 1 aliphatic carbocycles. The molecule has 2 aromatic heterocycles. The van der Waals surface area contributed by atoms with Gasteiger partial charge < -0.3 is 10.2 Å². The number of fused-ring (bicyclic) bond motifs is 1. The van der Waals surface area contributed by atoms with Crippen LogP contribution in [0.1, 0.15) is 31.6 Å². The summed E-state index contributed by atoms with van der Waals surface area (Å²) in [6.07, 6.45) is 3.79. The summed E-state index contributed by atoms with van der Waals surface area (Å²) in [5.74, 6) is 2.69. The first-order valence-electron chi connectivity index (χ1n) is 7.46. The second-order valence-corrected chi connectivity index (χ2v) is 6.63. The predicted octanol–water partition coefficient (Wildman–Crippen LogP) is 3.53. The van der Waals surface area contributed by atoms with Crippen LogP contribution in [-0.2, 0) is 6.42 Å². The molecule has 0 bridgehead atoms. The maximum absolute atomic E-state index is 4.73. The highest BCUT2D eigenvalue weighted by atomic mass is 32.1. The minimum absolute atomic E-state index is 0.752. The van der Waals surface area contributed by atoms with Crippen molar-refractivity contribution < 1.29 is 0 Å². The van der Waals surface area contributed by atoms with Crippen molar-refractivity contribution in [2.75, 3.05) is 30.4 Å². The van der Waals surface area contributed by atoms with Crippen LogP contribution in [0.3, 0.4) is 0 Å². The van der Waals surface area contributed by atoms with Crippen LogP contribution in [0.25, 0.3) is 10.2 Å². The number of aromatic nitrogens is 2. The van der Waals surface area contributed by atoms with E-state index in [-0.39, 0.29) is 0 Å². The van der Waals surface area contributed by atoms with Crippen molar-refractivity contribution in [3.63, 3.8) is 0 Å². The van der Waals surface area contributed by atoms with Gasteiger partial charge in [-0.05, 0) is 38.2 Å². The zero-order valence-corrected chi connectivity index (χ0v) is 13.3. The Morgan fingerprint density at radius 3 is 2.80 bits per heavy atom. The summed E-state index contributed by atoms with van der Waals surface area (Å²) in [5, 5.41) is 4.45. The van der Waals surface area contributed by atoms with Crippen molar-refractivity contribution in [2.45, 2.75) is 33.1 Å². The molecule has 0 aromatic carbocycles. The summed E-state index contributed by atoms with van der Waals surface area (Å²) in [7, 11) is 2.15. The van der Waals surface area contributed by atoms with Crippen LogP contribution in [0.15, 0.2) is 6.07 Å². The zero-order valence-electron chi connectivity index (χ0n) is 12.4. The molecule has 0 radical (unpaired) electrons. The van der Waals surface area contributed by atoms with Crippen LogP contribution >= 0.6 is 11.3 Å². The molecular weight excluding hydrogens is 268 g/mol. The molecule has 1 saturated carbocycles. The van der Waals surface area contributed by atoms with E-state index in [0.29, 0.717) is 0 Å². The molecule has 0 spiro atoms. The van der Waals surface area contributed by atoms with Crippen molar-refractivity contribution in [3.8, 4) is 0 Å². The van der Waals surface area contributed by atoms with Crippen LogP contribution in [-0.4, -0.2) is 30.1 Å². The van der Waals surface area contributed by atoms with Gasteiger partial charge in [0.25, 0.3) is 0 Å². The highest BCUT2D eigenvalue weighted by molar-refractivity contribution is 7.18. The number of hydrogen-bond acceptors (Lipinski definition) is 5. The van der Waals surface area contributed by atoms with Gasteiger partial charge in [0.1, 0.15) is 10.6 Å². The largest absolute Gasteiger partial charge is 0.359 e. The van der Waals surface area contributed by atoms with Gasteiger partial charge in [0.15, 0.2) is 0 Å².